The van der Waals surface area contributed by atoms with E-state index in [2.05, 4.69) is 13.8 Å². The summed E-state index contributed by atoms with van der Waals surface area (Å²) in [6.45, 7) is 5.31. The topological polar surface area (TPSA) is 54.8 Å². The second-order valence-corrected chi connectivity index (χ2v) is 8.17. The molecule has 6 heteroatoms. The van der Waals surface area contributed by atoms with E-state index in [-0.39, 0.29) is 30.3 Å². The molecule has 0 aliphatic heterocycles. The highest BCUT2D eigenvalue weighted by Crippen LogP contribution is 2.29. The minimum atomic E-state index is -0.138. The molecule has 2 aromatic rings. The van der Waals surface area contributed by atoms with E-state index >= 15 is 0 Å². The predicted molar refractivity (Wildman–Crippen MR) is 113 cm³/mol. The van der Waals surface area contributed by atoms with Crippen LogP contribution >= 0.6 is 0 Å². The number of methoxy groups -OCH3 is 1. The number of aromatic nitrogens is 1. The van der Waals surface area contributed by atoms with Gasteiger partial charge in [-0.3, -0.25) is 9.59 Å². The lowest BCUT2D eigenvalue weighted by atomic mass is 10.1. The molecule has 1 heterocycles. The van der Waals surface area contributed by atoms with E-state index in [1.165, 1.54) is 0 Å². The SMILES string of the molecule is COc1cccc(C(=O)N(CC(=O)N(Cc2cccn2C)C2CC2)CC(C)C)c1. The summed E-state index contributed by atoms with van der Waals surface area (Å²) >= 11 is 0. The van der Waals surface area contributed by atoms with Gasteiger partial charge in [-0.05, 0) is 49.1 Å². The van der Waals surface area contributed by atoms with Crippen molar-refractivity contribution in [2.75, 3.05) is 20.2 Å². The smallest absolute Gasteiger partial charge is 0.254 e. The molecule has 2 amide bonds. The van der Waals surface area contributed by atoms with E-state index < -0.39 is 0 Å². The first-order valence-corrected chi connectivity index (χ1v) is 10.2. The van der Waals surface area contributed by atoms with E-state index in [1.807, 2.05) is 40.9 Å². The number of nitrogens with zero attached hydrogens (tertiary/aromatic N) is 3. The number of amides is 2. The third-order valence-corrected chi connectivity index (χ3v) is 5.21. The Balaban J connectivity index is 1.76. The van der Waals surface area contributed by atoms with Crippen molar-refractivity contribution in [1.29, 1.82) is 0 Å². The van der Waals surface area contributed by atoms with Crippen molar-refractivity contribution in [1.82, 2.24) is 14.4 Å². The van der Waals surface area contributed by atoms with Crippen LogP contribution in [0.4, 0.5) is 0 Å². The van der Waals surface area contributed by atoms with E-state index in [1.54, 1.807) is 30.2 Å². The quantitative estimate of drug-likeness (QED) is 0.652. The van der Waals surface area contributed by atoms with Gasteiger partial charge in [-0.2, -0.15) is 0 Å². The molecule has 0 saturated heterocycles. The third kappa shape index (κ3) is 5.40. The summed E-state index contributed by atoms with van der Waals surface area (Å²) in [4.78, 5) is 30.0. The molecule has 3 rings (SSSR count). The summed E-state index contributed by atoms with van der Waals surface area (Å²) in [6.07, 6.45) is 4.05. The molecule has 1 aromatic carbocycles. The van der Waals surface area contributed by atoms with Crippen LogP contribution in [0, 0.1) is 5.92 Å². The van der Waals surface area contributed by atoms with Crippen molar-refractivity contribution in [2.24, 2.45) is 13.0 Å². The summed E-state index contributed by atoms with van der Waals surface area (Å²) in [5, 5.41) is 0. The maximum atomic E-state index is 13.2. The minimum Gasteiger partial charge on any atom is -0.497 e. The summed E-state index contributed by atoms with van der Waals surface area (Å²) < 4.78 is 7.28. The zero-order valence-corrected chi connectivity index (χ0v) is 17.8. The highest BCUT2D eigenvalue weighted by Gasteiger charge is 2.34. The van der Waals surface area contributed by atoms with Crippen LogP contribution in [-0.2, 0) is 18.4 Å². The van der Waals surface area contributed by atoms with E-state index in [4.69, 9.17) is 4.74 Å². The first-order chi connectivity index (χ1) is 13.9. The van der Waals surface area contributed by atoms with E-state index in [9.17, 15) is 9.59 Å². The van der Waals surface area contributed by atoms with Gasteiger partial charge in [-0.1, -0.05) is 19.9 Å². The molecule has 0 unspecified atom stereocenters. The number of hydrogen-bond donors (Lipinski definition) is 0. The molecule has 0 atom stereocenters. The number of rotatable bonds is 9. The summed E-state index contributed by atoms with van der Waals surface area (Å²) in [5.41, 5.74) is 1.64. The van der Waals surface area contributed by atoms with Crippen molar-refractivity contribution < 1.29 is 14.3 Å². The average molecular weight is 398 g/mol. The molecular formula is C23H31N3O3. The number of ether oxygens (including phenoxy) is 1. The number of benzene rings is 1. The van der Waals surface area contributed by atoms with Gasteiger partial charge in [0, 0.05) is 37.1 Å². The van der Waals surface area contributed by atoms with Crippen LogP contribution in [0.15, 0.2) is 42.6 Å². The van der Waals surface area contributed by atoms with Gasteiger partial charge in [-0.15, -0.1) is 0 Å². The number of hydrogen-bond acceptors (Lipinski definition) is 3. The highest BCUT2D eigenvalue weighted by molar-refractivity contribution is 5.97. The Morgan fingerprint density at radius 2 is 1.97 bits per heavy atom. The highest BCUT2D eigenvalue weighted by atomic mass is 16.5. The van der Waals surface area contributed by atoms with Crippen LogP contribution in [0.5, 0.6) is 5.75 Å². The fraction of sp³-hybridized carbons (Fsp3) is 0.478. The molecule has 6 nitrogen and oxygen atoms in total. The molecule has 1 saturated carbocycles. The second-order valence-electron chi connectivity index (χ2n) is 8.17. The summed E-state index contributed by atoms with van der Waals surface area (Å²) in [5.74, 6) is 0.765. The Morgan fingerprint density at radius 1 is 1.21 bits per heavy atom. The predicted octanol–water partition coefficient (Wildman–Crippen LogP) is 3.32. The Morgan fingerprint density at radius 3 is 2.55 bits per heavy atom. The molecule has 0 N–H and O–H groups in total. The molecule has 29 heavy (non-hydrogen) atoms. The van der Waals surface area contributed by atoms with Crippen LogP contribution in [-0.4, -0.2) is 52.4 Å². The normalized spacial score (nSPS) is 13.4. The third-order valence-electron chi connectivity index (χ3n) is 5.21. The first kappa shape index (κ1) is 21.0. The van der Waals surface area contributed by atoms with Gasteiger partial charge < -0.3 is 19.1 Å². The van der Waals surface area contributed by atoms with Gasteiger partial charge in [0.1, 0.15) is 12.3 Å². The maximum absolute atomic E-state index is 13.2. The Hall–Kier alpha value is -2.76. The van der Waals surface area contributed by atoms with Crippen LogP contribution in [0.1, 0.15) is 42.7 Å². The lowest BCUT2D eigenvalue weighted by Gasteiger charge is -2.29. The molecule has 156 valence electrons. The number of aryl methyl sites for hydroxylation is 1. The molecule has 1 aromatic heterocycles. The molecule has 1 aliphatic rings. The van der Waals surface area contributed by atoms with Gasteiger partial charge in [0.05, 0.1) is 13.7 Å². The zero-order chi connectivity index (χ0) is 21.0. The maximum Gasteiger partial charge on any atom is 0.254 e. The van der Waals surface area contributed by atoms with Crippen LogP contribution in [0.2, 0.25) is 0 Å². The van der Waals surface area contributed by atoms with Gasteiger partial charge >= 0.3 is 0 Å². The number of carbonyl (C=O) groups excluding carboxylic acids is 2. The van der Waals surface area contributed by atoms with Crippen molar-refractivity contribution in [2.45, 2.75) is 39.3 Å². The van der Waals surface area contributed by atoms with Gasteiger partial charge in [0.25, 0.3) is 5.91 Å². The average Bonchev–Trinajstić information content (AvgIpc) is 3.46. The summed E-state index contributed by atoms with van der Waals surface area (Å²) in [6, 6.07) is 11.4. The largest absolute Gasteiger partial charge is 0.497 e. The molecule has 0 bridgehead atoms. The Kier molecular flexibility index (Phi) is 6.62. The van der Waals surface area contributed by atoms with Crippen LogP contribution in [0.25, 0.3) is 0 Å². The minimum absolute atomic E-state index is 0.00518. The molecule has 1 fully saturated rings. The molecular weight excluding hydrogens is 366 g/mol. The lowest BCUT2D eigenvalue weighted by molar-refractivity contribution is -0.133. The van der Waals surface area contributed by atoms with Crippen LogP contribution in [0.3, 0.4) is 0 Å². The first-order valence-electron chi connectivity index (χ1n) is 10.2. The van der Waals surface area contributed by atoms with Gasteiger partial charge in [0.2, 0.25) is 5.91 Å². The molecule has 0 radical (unpaired) electrons. The van der Waals surface area contributed by atoms with E-state index in [0.29, 0.717) is 24.4 Å². The zero-order valence-electron chi connectivity index (χ0n) is 17.8. The summed E-state index contributed by atoms with van der Waals surface area (Å²) in [7, 11) is 3.57. The van der Waals surface area contributed by atoms with Gasteiger partial charge in [0.15, 0.2) is 0 Å². The van der Waals surface area contributed by atoms with Crippen LogP contribution < -0.4 is 4.74 Å². The number of carbonyl (C=O) groups is 2. The van der Waals surface area contributed by atoms with Crippen molar-refractivity contribution in [3.8, 4) is 5.75 Å². The Bertz CT molecular complexity index is 855. The van der Waals surface area contributed by atoms with Crippen molar-refractivity contribution in [3.05, 3.63) is 53.9 Å². The monoisotopic (exact) mass is 397 g/mol. The van der Waals surface area contributed by atoms with Crippen molar-refractivity contribution >= 4 is 11.8 Å². The molecule has 1 aliphatic carbocycles. The lowest BCUT2D eigenvalue weighted by Crippen LogP contribution is -2.45. The van der Waals surface area contributed by atoms with Crippen molar-refractivity contribution in [3.63, 3.8) is 0 Å². The van der Waals surface area contributed by atoms with E-state index in [0.717, 1.165) is 18.5 Å². The van der Waals surface area contributed by atoms with Gasteiger partial charge in [-0.25, -0.2) is 0 Å². The Labute approximate surface area is 173 Å². The fourth-order valence-electron chi connectivity index (χ4n) is 3.50. The second kappa shape index (κ2) is 9.16. The standard InChI is InChI=1S/C23H31N3O3/c1-17(2)14-25(23(28)18-7-5-9-21(13-18)29-4)16-22(27)26(19-10-11-19)15-20-8-6-12-24(20)3/h5-9,12-13,17,19H,10-11,14-16H2,1-4H3. The fourth-order valence-corrected chi connectivity index (χ4v) is 3.50. The molecule has 0 spiro atoms.